The molecule has 7 heteroatoms. The standard InChI is InChI=1S/C13H18ClN5O/c1-3-9-12(14)11(19(4-2)16-9)8-18-7-5-6-10(18)13(15)17-20/h5-7,20H,3-4,8H2,1-2H3,(H2,15,17). The van der Waals surface area contributed by atoms with Crippen LogP contribution >= 0.6 is 11.6 Å². The summed E-state index contributed by atoms with van der Waals surface area (Å²) >= 11 is 6.38. The van der Waals surface area contributed by atoms with Crippen LogP contribution < -0.4 is 5.73 Å². The lowest BCUT2D eigenvalue weighted by Crippen LogP contribution is -2.19. The van der Waals surface area contributed by atoms with Gasteiger partial charge in [-0.1, -0.05) is 23.7 Å². The predicted octanol–water partition coefficient (Wildman–Crippen LogP) is 2.06. The number of nitrogens with zero attached hydrogens (tertiary/aromatic N) is 4. The van der Waals surface area contributed by atoms with Gasteiger partial charge in [-0.15, -0.1) is 0 Å². The first-order valence-corrected chi connectivity index (χ1v) is 6.87. The highest BCUT2D eigenvalue weighted by Crippen LogP contribution is 2.23. The van der Waals surface area contributed by atoms with Crippen LogP contribution in [0.4, 0.5) is 0 Å². The Balaban J connectivity index is 2.40. The van der Waals surface area contributed by atoms with E-state index in [0.717, 1.165) is 24.4 Å². The monoisotopic (exact) mass is 295 g/mol. The van der Waals surface area contributed by atoms with Gasteiger partial charge >= 0.3 is 0 Å². The highest BCUT2D eigenvalue weighted by Gasteiger charge is 2.16. The molecule has 0 atom stereocenters. The predicted molar refractivity (Wildman–Crippen MR) is 78.3 cm³/mol. The molecule has 2 aromatic rings. The molecule has 0 aliphatic carbocycles. The largest absolute Gasteiger partial charge is 0.409 e. The lowest BCUT2D eigenvalue weighted by molar-refractivity contribution is 0.318. The van der Waals surface area contributed by atoms with Crippen LogP contribution in [0.2, 0.25) is 5.02 Å². The highest BCUT2D eigenvalue weighted by molar-refractivity contribution is 6.31. The maximum atomic E-state index is 8.80. The van der Waals surface area contributed by atoms with E-state index in [1.807, 2.05) is 35.4 Å². The Kier molecular flexibility index (Phi) is 4.34. The minimum Gasteiger partial charge on any atom is -0.409 e. The summed E-state index contributed by atoms with van der Waals surface area (Å²) in [5, 5.41) is 17.0. The maximum absolute atomic E-state index is 8.80. The molecule has 0 aliphatic heterocycles. The van der Waals surface area contributed by atoms with Crippen LogP contribution in [0, 0.1) is 0 Å². The van der Waals surface area contributed by atoms with E-state index in [-0.39, 0.29) is 5.84 Å². The van der Waals surface area contributed by atoms with Crippen molar-refractivity contribution in [2.75, 3.05) is 0 Å². The fourth-order valence-electron chi connectivity index (χ4n) is 2.17. The molecule has 3 N–H and O–H groups in total. The molecule has 0 amide bonds. The quantitative estimate of drug-likeness (QED) is 0.383. The summed E-state index contributed by atoms with van der Waals surface area (Å²) in [6.45, 7) is 5.31. The molecule has 6 nitrogen and oxygen atoms in total. The van der Waals surface area contributed by atoms with E-state index in [4.69, 9.17) is 22.5 Å². The lowest BCUT2D eigenvalue weighted by Gasteiger charge is -2.10. The number of hydrogen-bond donors (Lipinski definition) is 2. The molecule has 2 heterocycles. The second-order valence-electron chi connectivity index (χ2n) is 4.38. The topological polar surface area (TPSA) is 81.4 Å². The zero-order valence-electron chi connectivity index (χ0n) is 11.5. The molecular weight excluding hydrogens is 278 g/mol. The van der Waals surface area contributed by atoms with Crippen LogP contribution in [-0.2, 0) is 19.5 Å². The Morgan fingerprint density at radius 2 is 2.25 bits per heavy atom. The number of nitrogens with two attached hydrogens (primary N) is 1. The van der Waals surface area contributed by atoms with Gasteiger partial charge in [0.25, 0.3) is 0 Å². The molecule has 2 aromatic heterocycles. The van der Waals surface area contributed by atoms with E-state index in [1.54, 1.807) is 6.07 Å². The number of aryl methyl sites for hydroxylation is 2. The number of halogens is 1. The van der Waals surface area contributed by atoms with E-state index in [0.29, 0.717) is 17.3 Å². The zero-order valence-corrected chi connectivity index (χ0v) is 12.3. The average Bonchev–Trinajstić information content (AvgIpc) is 3.04. The first kappa shape index (κ1) is 14.5. The van der Waals surface area contributed by atoms with Crippen molar-refractivity contribution < 1.29 is 5.21 Å². The first-order valence-electron chi connectivity index (χ1n) is 6.49. The molecule has 2 rings (SSSR count). The van der Waals surface area contributed by atoms with Crippen LogP contribution in [-0.4, -0.2) is 25.4 Å². The summed E-state index contributed by atoms with van der Waals surface area (Å²) in [5.41, 5.74) is 8.12. The van der Waals surface area contributed by atoms with Crippen molar-refractivity contribution in [2.45, 2.75) is 33.4 Å². The summed E-state index contributed by atoms with van der Waals surface area (Å²) in [6.07, 6.45) is 2.65. The van der Waals surface area contributed by atoms with E-state index in [9.17, 15) is 0 Å². The normalized spacial score (nSPS) is 12.1. The Morgan fingerprint density at radius 1 is 1.50 bits per heavy atom. The minimum absolute atomic E-state index is 0.0735. The second-order valence-corrected chi connectivity index (χ2v) is 4.76. The molecule has 0 bridgehead atoms. The van der Waals surface area contributed by atoms with E-state index < -0.39 is 0 Å². The average molecular weight is 296 g/mol. The third-order valence-corrected chi connectivity index (χ3v) is 3.65. The lowest BCUT2D eigenvalue weighted by atomic mass is 10.3. The van der Waals surface area contributed by atoms with Gasteiger partial charge in [0.2, 0.25) is 0 Å². The highest BCUT2D eigenvalue weighted by atomic mass is 35.5. The number of amidine groups is 1. The van der Waals surface area contributed by atoms with Crippen LogP contribution in [0.25, 0.3) is 0 Å². The molecular formula is C13H18ClN5O. The van der Waals surface area contributed by atoms with Gasteiger partial charge in [-0.25, -0.2) is 0 Å². The SMILES string of the molecule is CCc1nn(CC)c(Cn2cccc2/C(N)=N/O)c1Cl. The minimum atomic E-state index is 0.0735. The van der Waals surface area contributed by atoms with Gasteiger partial charge in [-0.05, 0) is 25.5 Å². The molecule has 0 saturated heterocycles. The number of rotatable bonds is 5. The van der Waals surface area contributed by atoms with Crippen LogP contribution in [0.3, 0.4) is 0 Å². The van der Waals surface area contributed by atoms with Crippen molar-refractivity contribution in [3.05, 3.63) is 40.4 Å². The van der Waals surface area contributed by atoms with Crippen molar-refractivity contribution >= 4 is 17.4 Å². The van der Waals surface area contributed by atoms with Gasteiger partial charge in [0.05, 0.1) is 28.6 Å². The molecule has 0 fully saturated rings. The van der Waals surface area contributed by atoms with Crippen molar-refractivity contribution in [1.29, 1.82) is 0 Å². The van der Waals surface area contributed by atoms with Gasteiger partial charge in [-0.3, -0.25) is 4.68 Å². The van der Waals surface area contributed by atoms with Crippen LogP contribution in [0.5, 0.6) is 0 Å². The molecule has 108 valence electrons. The summed E-state index contributed by atoms with van der Waals surface area (Å²) in [7, 11) is 0. The number of hydrogen-bond acceptors (Lipinski definition) is 3. The Bertz CT molecular complexity index is 629. The first-order chi connectivity index (χ1) is 9.62. The van der Waals surface area contributed by atoms with E-state index in [2.05, 4.69) is 10.3 Å². The third-order valence-electron chi connectivity index (χ3n) is 3.21. The molecule has 20 heavy (non-hydrogen) atoms. The summed E-state index contributed by atoms with van der Waals surface area (Å²) in [6, 6.07) is 3.63. The fourth-order valence-corrected chi connectivity index (χ4v) is 2.49. The van der Waals surface area contributed by atoms with Crippen LogP contribution in [0.15, 0.2) is 23.5 Å². The molecule has 0 saturated carbocycles. The van der Waals surface area contributed by atoms with Crippen LogP contribution in [0.1, 0.15) is 30.9 Å². The maximum Gasteiger partial charge on any atom is 0.186 e. The Hall–Kier alpha value is -1.95. The number of oxime groups is 1. The van der Waals surface area contributed by atoms with Crippen molar-refractivity contribution in [3.8, 4) is 0 Å². The smallest absolute Gasteiger partial charge is 0.186 e. The zero-order chi connectivity index (χ0) is 14.7. The van der Waals surface area contributed by atoms with Gasteiger partial charge in [0, 0.05) is 12.7 Å². The summed E-state index contributed by atoms with van der Waals surface area (Å²) in [5.74, 6) is 0.0735. The number of aromatic nitrogens is 3. The van der Waals surface area contributed by atoms with Crippen molar-refractivity contribution in [2.24, 2.45) is 10.9 Å². The molecule has 0 aliphatic rings. The molecule has 0 spiro atoms. The Morgan fingerprint density at radius 3 is 2.85 bits per heavy atom. The van der Waals surface area contributed by atoms with Crippen molar-refractivity contribution in [1.82, 2.24) is 14.3 Å². The van der Waals surface area contributed by atoms with Gasteiger partial charge in [0.1, 0.15) is 0 Å². The molecule has 0 radical (unpaired) electrons. The Labute approximate surface area is 122 Å². The third kappa shape index (κ3) is 2.51. The second kappa shape index (κ2) is 6.00. The fraction of sp³-hybridized carbons (Fsp3) is 0.385. The van der Waals surface area contributed by atoms with Crippen molar-refractivity contribution in [3.63, 3.8) is 0 Å². The van der Waals surface area contributed by atoms with Gasteiger partial charge in [0.15, 0.2) is 5.84 Å². The van der Waals surface area contributed by atoms with Gasteiger partial charge < -0.3 is 15.5 Å². The summed E-state index contributed by atoms with van der Waals surface area (Å²) < 4.78 is 3.76. The summed E-state index contributed by atoms with van der Waals surface area (Å²) in [4.78, 5) is 0. The van der Waals surface area contributed by atoms with E-state index in [1.165, 1.54) is 0 Å². The van der Waals surface area contributed by atoms with E-state index >= 15 is 0 Å². The van der Waals surface area contributed by atoms with Gasteiger partial charge in [-0.2, -0.15) is 5.10 Å². The molecule has 0 aromatic carbocycles. The molecule has 0 unspecified atom stereocenters.